The number of rotatable bonds is 4. The molecule has 11 nitrogen and oxygen atoms in total. The number of ketones is 1. The molecule has 0 radical (unpaired) electrons. The predicted octanol–water partition coefficient (Wildman–Crippen LogP) is 3.19. The maximum Gasteiger partial charge on any atom is 0.254 e. The standard InChI is InChI=1S/C32H37N5O6/c1-19-9-10-24-14-27(19)43-25-8-6-7-23(13-25)18-42-28-16-36(15-26(28)33-29(39)17-35(5)32(24)41)30(40)11-12-37-21(3)31(22(4)38)20(2)34-37/h6-10,13-14,26,28H,11-12,15-18H2,1-5H3,(H,33,39)/t26-,28-/m0/s1. The molecule has 1 aromatic heterocycles. The zero-order valence-corrected chi connectivity index (χ0v) is 25.2. The van der Waals surface area contributed by atoms with Gasteiger partial charge in [0.2, 0.25) is 11.8 Å². The molecule has 0 aliphatic carbocycles. The molecule has 1 N–H and O–H groups in total. The van der Waals surface area contributed by atoms with E-state index in [1.807, 2.05) is 44.2 Å². The molecular formula is C32H37N5O6. The highest BCUT2D eigenvalue weighted by molar-refractivity contribution is 5.97. The van der Waals surface area contributed by atoms with Crippen molar-refractivity contribution < 1.29 is 28.7 Å². The van der Waals surface area contributed by atoms with Gasteiger partial charge in [-0.15, -0.1) is 0 Å². The van der Waals surface area contributed by atoms with Crippen LogP contribution in [0, 0.1) is 20.8 Å². The van der Waals surface area contributed by atoms with E-state index in [9.17, 15) is 19.2 Å². The first-order chi connectivity index (χ1) is 20.5. The van der Waals surface area contributed by atoms with Gasteiger partial charge < -0.3 is 24.6 Å². The van der Waals surface area contributed by atoms with Crippen LogP contribution in [0.15, 0.2) is 42.5 Å². The lowest BCUT2D eigenvalue weighted by Crippen LogP contribution is -2.48. The van der Waals surface area contributed by atoms with Crippen molar-refractivity contribution in [1.82, 2.24) is 24.9 Å². The van der Waals surface area contributed by atoms with Gasteiger partial charge in [-0.2, -0.15) is 5.10 Å². The first-order valence-corrected chi connectivity index (χ1v) is 14.4. The van der Waals surface area contributed by atoms with E-state index in [1.165, 1.54) is 11.8 Å². The van der Waals surface area contributed by atoms with Crippen LogP contribution >= 0.6 is 0 Å². The molecule has 2 atom stereocenters. The average molecular weight is 588 g/mol. The largest absolute Gasteiger partial charge is 0.457 e. The van der Waals surface area contributed by atoms with E-state index in [4.69, 9.17) is 9.47 Å². The van der Waals surface area contributed by atoms with E-state index in [-0.39, 0.29) is 49.6 Å². The molecule has 2 aliphatic heterocycles. The number of fused-ring (bicyclic) bond motifs is 5. The fraction of sp³-hybridized carbons (Fsp3) is 0.406. The Morgan fingerprint density at radius 2 is 1.86 bits per heavy atom. The van der Waals surface area contributed by atoms with Gasteiger partial charge in [-0.25, -0.2) is 0 Å². The zero-order valence-electron chi connectivity index (χ0n) is 25.2. The fourth-order valence-electron chi connectivity index (χ4n) is 5.70. The Bertz CT molecular complexity index is 1580. The maximum atomic E-state index is 13.3. The van der Waals surface area contributed by atoms with Crippen LogP contribution in [-0.4, -0.2) is 81.9 Å². The molecule has 3 heterocycles. The Balaban J connectivity index is 1.34. The van der Waals surface area contributed by atoms with Crippen molar-refractivity contribution in [3.63, 3.8) is 0 Å². The van der Waals surface area contributed by atoms with E-state index in [2.05, 4.69) is 10.4 Å². The minimum absolute atomic E-state index is 0.0554. The number of nitrogens with one attached hydrogen (secondary N) is 1. The summed E-state index contributed by atoms with van der Waals surface area (Å²) in [6.07, 6.45) is -0.277. The second-order valence-electron chi connectivity index (χ2n) is 11.3. The van der Waals surface area contributed by atoms with Crippen LogP contribution in [0.1, 0.15) is 56.6 Å². The summed E-state index contributed by atoms with van der Waals surface area (Å²) in [6.45, 7) is 8.02. The first-order valence-electron chi connectivity index (χ1n) is 14.4. The second kappa shape index (κ2) is 12.4. The van der Waals surface area contributed by atoms with Crippen molar-refractivity contribution in [1.29, 1.82) is 0 Å². The first kappa shape index (κ1) is 30.0. The van der Waals surface area contributed by atoms with Gasteiger partial charge in [-0.1, -0.05) is 18.2 Å². The molecule has 0 saturated carbocycles. The van der Waals surface area contributed by atoms with Gasteiger partial charge in [-0.05, 0) is 63.1 Å². The topological polar surface area (TPSA) is 123 Å². The molecular weight excluding hydrogens is 550 g/mol. The molecule has 43 heavy (non-hydrogen) atoms. The third-order valence-corrected chi connectivity index (χ3v) is 7.99. The Morgan fingerprint density at radius 3 is 2.60 bits per heavy atom. The summed E-state index contributed by atoms with van der Waals surface area (Å²) < 4.78 is 14.1. The molecule has 1 fully saturated rings. The number of nitrogens with zero attached hydrogens (tertiary/aromatic N) is 4. The lowest BCUT2D eigenvalue weighted by atomic mass is 10.1. The maximum absolute atomic E-state index is 13.3. The Kier molecular flexibility index (Phi) is 8.63. The normalized spacial score (nSPS) is 19.1. The van der Waals surface area contributed by atoms with Crippen LogP contribution in [0.25, 0.3) is 0 Å². The van der Waals surface area contributed by atoms with Crippen molar-refractivity contribution in [3.8, 4) is 11.5 Å². The number of aryl methyl sites for hydroxylation is 3. The van der Waals surface area contributed by atoms with Gasteiger partial charge >= 0.3 is 0 Å². The average Bonchev–Trinajstić information content (AvgIpc) is 3.49. The third-order valence-electron chi connectivity index (χ3n) is 7.99. The number of benzene rings is 2. The van der Waals surface area contributed by atoms with Gasteiger partial charge in [0, 0.05) is 44.4 Å². The van der Waals surface area contributed by atoms with Crippen LogP contribution in [0.2, 0.25) is 0 Å². The minimum Gasteiger partial charge on any atom is -0.457 e. The van der Waals surface area contributed by atoms with Crippen LogP contribution in [0.4, 0.5) is 0 Å². The minimum atomic E-state index is -0.462. The number of likely N-dealkylation sites (tertiary alicyclic amines) is 1. The molecule has 226 valence electrons. The summed E-state index contributed by atoms with van der Waals surface area (Å²) in [5.74, 6) is 0.344. The smallest absolute Gasteiger partial charge is 0.254 e. The number of likely N-dealkylation sites (N-methyl/N-ethyl adjacent to an activating group) is 1. The zero-order chi connectivity index (χ0) is 30.8. The number of carbonyl (C=O) groups is 4. The SMILES string of the molecule is CC(=O)c1c(C)nn(CCC(=O)N2C[C@@H]3NC(=O)CN(C)C(=O)c4ccc(C)c(c4)Oc4cccc(c4)CO[C@H]3C2)c1C. The molecule has 1 saturated heterocycles. The molecule has 5 rings (SSSR count). The van der Waals surface area contributed by atoms with E-state index >= 15 is 0 Å². The van der Waals surface area contributed by atoms with Crippen molar-refractivity contribution in [2.75, 3.05) is 26.7 Å². The molecule has 11 heteroatoms. The fourth-order valence-corrected chi connectivity index (χ4v) is 5.70. The van der Waals surface area contributed by atoms with Crippen molar-refractivity contribution in [2.24, 2.45) is 0 Å². The number of carbonyl (C=O) groups excluding carboxylic acids is 4. The molecule has 3 aromatic rings. The van der Waals surface area contributed by atoms with E-state index < -0.39 is 12.1 Å². The van der Waals surface area contributed by atoms with Crippen molar-refractivity contribution in [3.05, 3.63) is 76.1 Å². The van der Waals surface area contributed by atoms with Gasteiger partial charge in [-0.3, -0.25) is 23.9 Å². The summed E-state index contributed by atoms with van der Waals surface area (Å²) >= 11 is 0. The third kappa shape index (κ3) is 6.61. The van der Waals surface area contributed by atoms with Gasteiger partial charge in [0.15, 0.2) is 5.78 Å². The number of hydrogen-bond donors (Lipinski definition) is 1. The molecule has 2 aliphatic rings. The highest BCUT2D eigenvalue weighted by atomic mass is 16.5. The van der Waals surface area contributed by atoms with E-state index in [1.54, 1.807) is 35.7 Å². The lowest BCUT2D eigenvalue weighted by molar-refractivity contribution is -0.131. The van der Waals surface area contributed by atoms with Crippen molar-refractivity contribution in [2.45, 2.75) is 59.4 Å². The highest BCUT2D eigenvalue weighted by Crippen LogP contribution is 2.28. The Morgan fingerprint density at radius 1 is 1.07 bits per heavy atom. The highest BCUT2D eigenvalue weighted by Gasteiger charge is 2.37. The van der Waals surface area contributed by atoms with Gasteiger partial charge in [0.05, 0.1) is 36.6 Å². The summed E-state index contributed by atoms with van der Waals surface area (Å²) in [7, 11) is 1.57. The molecule has 2 aromatic carbocycles. The molecule has 3 amide bonds. The number of hydrogen-bond acceptors (Lipinski definition) is 7. The van der Waals surface area contributed by atoms with Gasteiger partial charge in [0.1, 0.15) is 11.5 Å². The van der Waals surface area contributed by atoms with E-state index in [0.29, 0.717) is 41.4 Å². The van der Waals surface area contributed by atoms with Crippen LogP contribution in [0.3, 0.4) is 0 Å². The summed E-state index contributed by atoms with van der Waals surface area (Å²) in [6, 6.07) is 12.3. The summed E-state index contributed by atoms with van der Waals surface area (Å²) in [4.78, 5) is 54.6. The molecule has 0 unspecified atom stereocenters. The number of aromatic nitrogens is 2. The van der Waals surface area contributed by atoms with Crippen LogP contribution in [-0.2, 0) is 27.5 Å². The second-order valence-corrected chi connectivity index (χ2v) is 11.3. The van der Waals surface area contributed by atoms with Crippen molar-refractivity contribution >= 4 is 23.5 Å². The monoisotopic (exact) mass is 587 g/mol. The number of ether oxygens (including phenoxy) is 2. The molecule has 4 bridgehead atoms. The van der Waals surface area contributed by atoms with Crippen LogP contribution < -0.4 is 10.1 Å². The number of Topliss-reactive ketones (excluding diaryl/α,β-unsaturated/α-hetero) is 1. The quantitative estimate of drug-likeness (QED) is 0.465. The number of amides is 3. The summed E-state index contributed by atoms with van der Waals surface area (Å²) in [5, 5.41) is 7.44. The molecule has 0 spiro atoms. The Labute approximate surface area is 250 Å². The van der Waals surface area contributed by atoms with Gasteiger partial charge in [0.25, 0.3) is 5.91 Å². The van der Waals surface area contributed by atoms with E-state index in [0.717, 1.165) is 16.8 Å². The lowest BCUT2D eigenvalue weighted by Gasteiger charge is -2.23. The summed E-state index contributed by atoms with van der Waals surface area (Å²) in [5.41, 5.74) is 4.12. The van der Waals surface area contributed by atoms with Crippen LogP contribution in [0.5, 0.6) is 11.5 Å². The Hall–Kier alpha value is -4.51. The predicted molar refractivity (Wildman–Crippen MR) is 158 cm³/mol.